The Labute approximate surface area is 123 Å². The van der Waals surface area contributed by atoms with Crippen LogP contribution in [-0.2, 0) is 6.42 Å². The molecule has 0 saturated carbocycles. The molecule has 2 aromatic rings. The van der Waals surface area contributed by atoms with E-state index >= 15 is 0 Å². The third kappa shape index (κ3) is 3.71. The SMILES string of the molecule is CC(CO)(Cc1ccc(Cl)cc1)Nc1ccccc1F. The number of rotatable bonds is 5. The number of hydrogen-bond donors (Lipinski definition) is 2. The lowest BCUT2D eigenvalue weighted by molar-refractivity contribution is 0.221. The van der Waals surface area contributed by atoms with Gasteiger partial charge in [0.15, 0.2) is 0 Å². The van der Waals surface area contributed by atoms with E-state index in [9.17, 15) is 9.50 Å². The predicted octanol–water partition coefficient (Wildman–Crippen LogP) is 3.88. The molecule has 0 fully saturated rings. The molecule has 0 spiro atoms. The average Bonchev–Trinajstić information content (AvgIpc) is 2.44. The molecule has 0 radical (unpaired) electrons. The molecule has 1 atom stereocenters. The maximum Gasteiger partial charge on any atom is 0.146 e. The van der Waals surface area contributed by atoms with E-state index in [1.165, 1.54) is 6.07 Å². The van der Waals surface area contributed by atoms with Gasteiger partial charge in [-0.3, -0.25) is 0 Å². The summed E-state index contributed by atoms with van der Waals surface area (Å²) in [6.07, 6.45) is 0.564. The van der Waals surface area contributed by atoms with Gasteiger partial charge in [-0.1, -0.05) is 35.9 Å². The Morgan fingerprint density at radius 3 is 2.40 bits per heavy atom. The maximum absolute atomic E-state index is 13.7. The lowest BCUT2D eigenvalue weighted by Gasteiger charge is -2.30. The zero-order valence-electron chi connectivity index (χ0n) is 11.2. The van der Waals surface area contributed by atoms with Gasteiger partial charge in [0.25, 0.3) is 0 Å². The molecule has 2 rings (SSSR count). The van der Waals surface area contributed by atoms with E-state index in [2.05, 4.69) is 5.32 Å². The van der Waals surface area contributed by atoms with Gasteiger partial charge in [-0.25, -0.2) is 4.39 Å². The first-order chi connectivity index (χ1) is 9.52. The van der Waals surface area contributed by atoms with Crippen molar-refractivity contribution in [1.82, 2.24) is 0 Å². The molecule has 2 N–H and O–H groups in total. The third-order valence-corrected chi connectivity index (χ3v) is 3.42. The minimum atomic E-state index is -0.643. The number of halogens is 2. The van der Waals surface area contributed by atoms with Gasteiger partial charge < -0.3 is 10.4 Å². The highest BCUT2D eigenvalue weighted by Crippen LogP contribution is 2.22. The first kappa shape index (κ1) is 14.8. The highest BCUT2D eigenvalue weighted by Gasteiger charge is 2.24. The van der Waals surface area contributed by atoms with Crippen LogP contribution in [0.1, 0.15) is 12.5 Å². The summed E-state index contributed by atoms with van der Waals surface area (Å²) in [4.78, 5) is 0. The predicted molar refractivity (Wildman–Crippen MR) is 80.7 cm³/mol. The summed E-state index contributed by atoms with van der Waals surface area (Å²) in [6, 6.07) is 13.9. The summed E-state index contributed by atoms with van der Waals surface area (Å²) < 4.78 is 13.7. The lowest BCUT2D eigenvalue weighted by atomic mass is 9.93. The molecule has 2 nitrogen and oxygen atoms in total. The van der Waals surface area contributed by atoms with E-state index < -0.39 is 5.54 Å². The van der Waals surface area contributed by atoms with Crippen molar-refractivity contribution in [1.29, 1.82) is 0 Å². The van der Waals surface area contributed by atoms with Crippen LogP contribution < -0.4 is 5.32 Å². The van der Waals surface area contributed by atoms with E-state index in [0.717, 1.165) is 5.56 Å². The highest BCUT2D eigenvalue weighted by atomic mass is 35.5. The van der Waals surface area contributed by atoms with Crippen molar-refractivity contribution in [3.8, 4) is 0 Å². The van der Waals surface area contributed by atoms with Crippen LogP contribution in [0.3, 0.4) is 0 Å². The normalized spacial score (nSPS) is 13.8. The largest absolute Gasteiger partial charge is 0.394 e. The molecule has 0 bridgehead atoms. The molecule has 0 aliphatic rings. The second kappa shape index (κ2) is 6.25. The van der Waals surface area contributed by atoms with Gasteiger partial charge in [-0.05, 0) is 43.2 Å². The fourth-order valence-electron chi connectivity index (χ4n) is 2.08. The Kier molecular flexibility index (Phi) is 4.63. The van der Waals surface area contributed by atoms with Crippen LogP contribution in [0.5, 0.6) is 0 Å². The van der Waals surface area contributed by atoms with Crippen molar-refractivity contribution in [2.45, 2.75) is 18.9 Å². The standard InChI is InChI=1S/C16H17ClFNO/c1-16(11-20,10-12-6-8-13(17)9-7-12)19-15-5-3-2-4-14(15)18/h2-9,19-20H,10-11H2,1H3. The Hall–Kier alpha value is -1.58. The van der Waals surface area contributed by atoms with Crippen LogP contribution in [0.25, 0.3) is 0 Å². The molecule has 20 heavy (non-hydrogen) atoms. The molecule has 0 aromatic heterocycles. The summed E-state index contributed by atoms with van der Waals surface area (Å²) in [6.45, 7) is 1.75. The van der Waals surface area contributed by atoms with Gasteiger partial charge in [0.1, 0.15) is 5.82 Å². The van der Waals surface area contributed by atoms with Gasteiger partial charge in [0.2, 0.25) is 0 Å². The third-order valence-electron chi connectivity index (χ3n) is 3.17. The van der Waals surface area contributed by atoms with Crippen LogP contribution in [0, 0.1) is 5.82 Å². The number of benzene rings is 2. The number of aliphatic hydroxyl groups excluding tert-OH is 1. The summed E-state index contributed by atoms with van der Waals surface area (Å²) in [5.74, 6) is -0.330. The van der Waals surface area contributed by atoms with Crippen LogP contribution in [0.4, 0.5) is 10.1 Å². The van der Waals surface area contributed by atoms with Crippen molar-refractivity contribution in [3.63, 3.8) is 0 Å². The molecule has 0 saturated heterocycles. The summed E-state index contributed by atoms with van der Waals surface area (Å²) >= 11 is 5.85. The van der Waals surface area contributed by atoms with Gasteiger partial charge in [0.05, 0.1) is 17.8 Å². The number of aliphatic hydroxyl groups is 1. The van der Waals surface area contributed by atoms with E-state index in [0.29, 0.717) is 17.1 Å². The van der Waals surface area contributed by atoms with E-state index in [4.69, 9.17) is 11.6 Å². The van der Waals surface area contributed by atoms with E-state index in [-0.39, 0.29) is 12.4 Å². The van der Waals surface area contributed by atoms with Crippen LogP contribution in [0.15, 0.2) is 48.5 Å². The smallest absolute Gasteiger partial charge is 0.146 e. The van der Waals surface area contributed by atoms with E-state index in [1.54, 1.807) is 30.3 Å². The summed E-state index contributed by atoms with van der Waals surface area (Å²) in [5, 5.41) is 13.4. The highest BCUT2D eigenvalue weighted by molar-refractivity contribution is 6.30. The van der Waals surface area contributed by atoms with Crippen molar-refractivity contribution < 1.29 is 9.50 Å². The minimum absolute atomic E-state index is 0.107. The minimum Gasteiger partial charge on any atom is -0.394 e. The number of anilines is 1. The molecular formula is C16H17ClFNO. The van der Waals surface area contributed by atoms with Gasteiger partial charge in [0, 0.05) is 5.02 Å². The van der Waals surface area contributed by atoms with Gasteiger partial charge in [-0.15, -0.1) is 0 Å². The number of nitrogens with one attached hydrogen (secondary N) is 1. The first-order valence-corrected chi connectivity index (χ1v) is 6.78. The molecule has 0 amide bonds. The van der Waals surface area contributed by atoms with Crippen LogP contribution >= 0.6 is 11.6 Å². The fraction of sp³-hybridized carbons (Fsp3) is 0.250. The van der Waals surface area contributed by atoms with Crippen molar-refractivity contribution >= 4 is 17.3 Å². The monoisotopic (exact) mass is 293 g/mol. The number of hydrogen-bond acceptors (Lipinski definition) is 2. The topological polar surface area (TPSA) is 32.3 Å². The Bertz CT molecular complexity index is 573. The molecule has 4 heteroatoms. The van der Waals surface area contributed by atoms with Crippen molar-refractivity contribution in [3.05, 3.63) is 64.9 Å². The summed E-state index contributed by atoms with van der Waals surface area (Å²) in [5.41, 5.74) is 0.767. The number of para-hydroxylation sites is 1. The zero-order chi connectivity index (χ0) is 14.6. The maximum atomic E-state index is 13.7. The lowest BCUT2D eigenvalue weighted by Crippen LogP contribution is -2.41. The second-order valence-electron chi connectivity index (χ2n) is 5.13. The van der Waals surface area contributed by atoms with E-state index in [1.807, 2.05) is 19.1 Å². The summed E-state index contributed by atoms with van der Waals surface area (Å²) in [7, 11) is 0. The Morgan fingerprint density at radius 1 is 1.15 bits per heavy atom. The zero-order valence-corrected chi connectivity index (χ0v) is 12.0. The van der Waals surface area contributed by atoms with Gasteiger partial charge in [-0.2, -0.15) is 0 Å². The van der Waals surface area contributed by atoms with Crippen molar-refractivity contribution in [2.24, 2.45) is 0 Å². The molecule has 2 aromatic carbocycles. The fourth-order valence-corrected chi connectivity index (χ4v) is 2.21. The van der Waals surface area contributed by atoms with Gasteiger partial charge >= 0.3 is 0 Å². The molecule has 1 unspecified atom stereocenters. The Balaban J connectivity index is 2.17. The Morgan fingerprint density at radius 2 is 1.80 bits per heavy atom. The molecule has 0 aliphatic carbocycles. The molecule has 0 aliphatic heterocycles. The van der Waals surface area contributed by atoms with Crippen LogP contribution in [-0.4, -0.2) is 17.3 Å². The first-order valence-electron chi connectivity index (χ1n) is 6.40. The average molecular weight is 294 g/mol. The molecule has 0 heterocycles. The quantitative estimate of drug-likeness (QED) is 0.877. The molecule has 106 valence electrons. The van der Waals surface area contributed by atoms with Crippen LogP contribution in [0.2, 0.25) is 5.02 Å². The van der Waals surface area contributed by atoms with Crippen molar-refractivity contribution in [2.75, 3.05) is 11.9 Å². The molecular weight excluding hydrogens is 277 g/mol. The second-order valence-corrected chi connectivity index (χ2v) is 5.56.